The van der Waals surface area contributed by atoms with Crippen LogP contribution in [0.25, 0.3) is 0 Å². The predicted octanol–water partition coefficient (Wildman–Crippen LogP) is 5.11. The van der Waals surface area contributed by atoms with Gasteiger partial charge >= 0.3 is 0 Å². The molecule has 0 fully saturated rings. The van der Waals surface area contributed by atoms with E-state index in [9.17, 15) is 13.5 Å². The van der Waals surface area contributed by atoms with Crippen LogP contribution in [0.1, 0.15) is 103 Å². The standard InChI is InChI=1S/C18H38O4S/c1-2-3-4-5-6-9-12-15-18(19)16-13-10-7-8-11-14-17-23(20,21)22/h18-19H,2-17H2,1H3,(H,20,21,22). The van der Waals surface area contributed by atoms with E-state index < -0.39 is 10.1 Å². The van der Waals surface area contributed by atoms with Crippen LogP contribution in [0.3, 0.4) is 0 Å². The molecule has 0 aliphatic rings. The van der Waals surface area contributed by atoms with Crippen molar-refractivity contribution in [3.05, 3.63) is 0 Å². The number of rotatable bonds is 17. The van der Waals surface area contributed by atoms with E-state index in [-0.39, 0.29) is 11.9 Å². The zero-order valence-electron chi connectivity index (χ0n) is 15.0. The van der Waals surface area contributed by atoms with Crippen molar-refractivity contribution >= 4 is 10.1 Å². The van der Waals surface area contributed by atoms with E-state index >= 15 is 0 Å². The SMILES string of the molecule is CCCCCCCCCC(O)CCCCCCCCS(=O)(=O)O. The Bertz CT molecular complexity index is 341. The molecule has 140 valence electrons. The van der Waals surface area contributed by atoms with Gasteiger partial charge in [-0.1, -0.05) is 84.0 Å². The molecular weight excluding hydrogens is 312 g/mol. The Balaban J connectivity index is 3.23. The number of hydrogen-bond donors (Lipinski definition) is 2. The fraction of sp³-hybridized carbons (Fsp3) is 1.00. The lowest BCUT2D eigenvalue weighted by atomic mass is 10.0. The van der Waals surface area contributed by atoms with Gasteiger partial charge in [0.25, 0.3) is 10.1 Å². The molecule has 0 spiro atoms. The largest absolute Gasteiger partial charge is 0.393 e. The minimum absolute atomic E-state index is 0.121. The Morgan fingerprint density at radius 3 is 1.52 bits per heavy atom. The van der Waals surface area contributed by atoms with Crippen LogP contribution in [0.4, 0.5) is 0 Å². The monoisotopic (exact) mass is 350 g/mol. The fourth-order valence-corrected chi connectivity index (χ4v) is 3.42. The summed E-state index contributed by atoms with van der Waals surface area (Å²) in [6.07, 6.45) is 16.3. The van der Waals surface area contributed by atoms with E-state index in [1.54, 1.807) is 0 Å². The lowest BCUT2D eigenvalue weighted by molar-refractivity contribution is 0.147. The number of hydrogen-bond acceptors (Lipinski definition) is 3. The summed E-state index contributed by atoms with van der Waals surface area (Å²) in [6, 6.07) is 0. The number of unbranched alkanes of at least 4 members (excludes halogenated alkanes) is 11. The van der Waals surface area contributed by atoms with Crippen molar-refractivity contribution in [1.29, 1.82) is 0 Å². The summed E-state index contributed by atoms with van der Waals surface area (Å²) in [5.41, 5.74) is 0. The molecule has 0 aromatic rings. The average Bonchev–Trinajstić information content (AvgIpc) is 2.48. The Morgan fingerprint density at radius 1 is 0.696 bits per heavy atom. The number of aliphatic hydroxyl groups excluding tert-OH is 1. The highest BCUT2D eigenvalue weighted by Crippen LogP contribution is 2.14. The van der Waals surface area contributed by atoms with Crippen LogP contribution in [-0.2, 0) is 10.1 Å². The van der Waals surface area contributed by atoms with Crippen LogP contribution in [0.15, 0.2) is 0 Å². The van der Waals surface area contributed by atoms with Gasteiger partial charge in [-0.3, -0.25) is 4.55 Å². The minimum atomic E-state index is -3.78. The molecule has 0 aromatic carbocycles. The molecule has 5 heteroatoms. The summed E-state index contributed by atoms with van der Waals surface area (Å²) in [4.78, 5) is 0. The van der Waals surface area contributed by atoms with Gasteiger partial charge in [0.05, 0.1) is 11.9 Å². The van der Waals surface area contributed by atoms with Crippen molar-refractivity contribution in [3.63, 3.8) is 0 Å². The third-order valence-electron chi connectivity index (χ3n) is 4.33. The molecule has 23 heavy (non-hydrogen) atoms. The molecule has 0 amide bonds. The van der Waals surface area contributed by atoms with Gasteiger partial charge in [0, 0.05) is 0 Å². The Kier molecular flexibility index (Phi) is 15.3. The molecular formula is C18H38O4S. The topological polar surface area (TPSA) is 74.6 Å². The molecule has 0 radical (unpaired) electrons. The van der Waals surface area contributed by atoms with E-state index in [4.69, 9.17) is 4.55 Å². The van der Waals surface area contributed by atoms with Crippen molar-refractivity contribution in [2.45, 2.75) is 109 Å². The van der Waals surface area contributed by atoms with E-state index in [2.05, 4.69) is 6.92 Å². The lowest BCUT2D eigenvalue weighted by Crippen LogP contribution is -2.06. The minimum Gasteiger partial charge on any atom is -0.393 e. The molecule has 2 N–H and O–H groups in total. The van der Waals surface area contributed by atoms with E-state index in [1.165, 1.54) is 38.5 Å². The quantitative estimate of drug-likeness (QED) is 0.282. The highest BCUT2D eigenvalue weighted by Gasteiger charge is 2.05. The van der Waals surface area contributed by atoms with Crippen LogP contribution in [0.2, 0.25) is 0 Å². The normalized spacial score (nSPS) is 13.3. The van der Waals surface area contributed by atoms with Gasteiger partial charge in [0.2, 0.25) is 0 Å². The van der Waals surface area contributed by atoms with Crippen molar-refractivity contribution in [2.24, 2.45) is 0 Å². The predicted molar refractivity (Wildman–Crippen MR) is 97.4 cm³/mol. The third-order valence-corrected chi connectivity index (χ3v) is 5.14. The third kappa shape index (κ3) is 19.8. The highest BCUT2D eigenvalue weighted by atomic mass is 32.2. The molecule has 1 atom stereocenters. The summed E-state index contributed by atoms with van der Waals surface area (Å²) in [6.45, 7) is 2.23. The molecule has 4 nitrogen and oxygen atoms in total. The van der Waals surface area contributed by atoms with Gasteiger partial charge in [-0.2, -0.15) is 8.42 Å². The molecule has 0 rings (SSSR count). The number of aliphatic hydroxyl groups is 1. The van der Waals surface area contributed by atoms with Crippen LogP contribution in [0.5, 0.6) is 0 Å². The van der Waals surface area contributed by atoms with Crippen molar-refractivity contribution in [1.82, 2.24) is 0 Å². The molecule has 0 aliphatic heterocycles. The van der Waals surface area contributed by atoms with Crippen LogP contribution in [-0.4, -0.2) is 29.9 Å². The first-order valence-corrected chi connectivity index (χ1v) is 11.2. The van der Waals surface area contributed by atoms with Crippen molar-refractivity contribution in [2.75, 3.05) is 5.75 Å². The fourth-order valence-electron chi connectivity index (χ4n) is 2.85. The maximum Gasteiger partial charge on any atom is 0.264 e. The second kappa shape index (κ2) is 15.4. The maximum absolute atomic E-state index is 10.5. The zero-order chi connectivity index (χ0) is 17.4. The Morgan fingerprint density at radius 2 is 1.09 bits per heavy atom. The zero-order valence-corrected chi connectivity index (χ0v) is 15.8. The van der Waals surface area contributed by atoms with Gasteiger partial charge < -0.3 is 5.11 Å². The first-order chi connectivity index (χ1) is 11.0. The second-order valence-electron chi connectivity index (χ2n) is 6.76. The van der Waals surface area contributed by atoms with E-state index in [0.717, 1.165) is 51.4 Å². The smallest absolute Gasteiger partial charge is 0.264 e. The molecule has 0 bridgehead atoms. The van der Waals surface area contributed by atoms with Crippen LogP contribution < -0.4 is 0 Å². The van der Waals surface area contributed by atoms with Crippen molar-refractivity contribution in [3.8, 4) is 0 Å². The van der Waals surface area contributed by atoms with Gasteiger partial charge in [-0.05, 0) is 19.3 Å². The second-order valence-corrected chi connectivity index (χ2v) is 8.33. The molecule has 0 heterocycles. The molecule has 0 aliphatic carbocycles. The average molecular weight is 351 g/mol. The molecule has 0 saturated carbocycles. The van der Waals surface area contributed by atoms with Crippen LogP contribution in [0, 0.1) is 0 Å². The van der Waals surface area contributed by atoms with Crippen molar-refractivity contribution < 1.29 is 18.1 Å². The Labute approximate surface area is 143 Å². The summed E-state index contributed by atoms with van der Waals surface area (Å²) in [5, 5.41) is 9.93. The first kappa shape index (κ1) is 22.9. The highest BCUT2D eigenvalue weighted by molar-refractivity contribution is 7.85. The summed E-state index contributed by atoms with van der Waals surface area (Å²) in [5.74, 6) is -0.121. The van der Waals surface area contributed by atoms with Gasteiger partial charge in [0.1, 0.15) is 0 Å². The summed E-state index contributed by atoms with van der Waals surface area (Å²) in [7, 11) is -3.78. The lowest BCUT2D eigenvalue weighted by Gasteiger charge is -2.10. The summed E-state index contributed by atoms with van der Waals surface area (Å²) >= 11 is 0. The maximum atomic E-state index is 10.5. The molecule has 0 aromatic heterocycles. The van der Waals surface area contributed by atoms with Gasteiger partial charge in [0.15, 0.2) is 0 Å². The van der Waals surface area contributed by atoms with Crippen LogP contribution >= 0.6 is 0 Å². The molecule has 1 unspecified atom stereocenters. The van der Waals surface area contributed by atoms with E-state index in [0.29, 0.717) is 6.42 Å². The first-order valence-electron chi connectivity index (χ1n) is 9.59. The van der Waals surface area contributed by atoms with E-state index in [1.807, 2.05) is 0 Å². The van der Waals surface area contributed by atoms with Gasteiger partial charge in [-0.25, -0.2) is 0 Å². The van der Waals surface area contributed by atoms with Gasteiger partial charge in [-0.15, -0.1) is 0 Å². The Hall–Kier alpha value is -0.130. The summed E-state index contributed by atoms with van der Waals surface area (Å²) < 4.78 is 29.7. The molecule has 0 saturated heterocycles.